The lowest BCUT2D eigenvalue weighted by Crippen LogP contribution is -2.53. The van der Waals surface area contributed by atoms with Gasteiger partial charge in [-0.3, -0.25) is 4.79 Å². The zero-order valence-electron chi connectivity index (χ0n) is 16.6. The molecule has 2 saturated heterocycles. The number of aromatic nitrogens is 2. The molecule has 2 fully saturated rings. The fraction of sp³-hybridized carbons (Fsp3) is 0.619. The fourth-order valence-corrected chi connectivity index (χ4v) is 4.77. The van der Waals surface area contributed by atoms with Crippen molar-refractivity contribution in [3.8, 4) is 0 Å². The number of hydrogen-bond donors (Lipinski definition) is 1. The number of halogens is 3. The number of hydrogen-bond acceptors (Lipinski definition) is 4. The molecule has 30 heavy (non-hydrogen) atoms. The molecule has 3 aliphatic rings. The van der Waals surface area contributed by atoms with Crippen LogP contribution in [-0.2, 0) is 28.7 Å². The van der Waals surface area contributed by atoms with Crippen LogP contribution in [0, 0.1) is 0 Å². The Morgan fingerprint density at radius 1 is 1.20 bits per heavy atom. The molecular formula is C21H25F3N4O2. The summed E-state index contributed by atoms with van der Waals surface area (Å²) in [6.45, 7) is 2.93. The quantitative estimate of drug-likeness (QED) is 0.823. The Bertz CT molecular complexity index is 954. The second-order valence-electron chi connectivity index (χ2n) is 8.50. The normalized spacial score (nSPS) is 27.2. The first-order chi connectivity index (χ1) is 14.4. The molecule has 0 saturated carbocycles. The van der Waals surface area contributed by atoms with E-state index in [9.17, 15) is 18.0 Å². The Kier molecular flexibility index (Phi) is 4.97. The lowest BCUT2D eigenvalue weighted by atomic mass is 9.97. The van der Waals surface area contributed by atoms with Gasteiger partial charge in [0, 0.05) is 48.9 Å². The molecule has 9 heteroatoms. The average molecular weight is 422 g/mol. The molecule has 2 aromatic rings. The van der Waals surface area contributed by atoms with Crippen LogP contribution in [-0.4, -0.2) is 58.2 Å². The first-order valence-electron chi connectivity index (χ1n) is 10.6. The number of ether oxygens (including phenoxy) is 1. The maximum atomic E-state index is 13.0. The van der Waals surface area contributed by atoms with E-state index in [1.807, 2.05) is 9.47 Å². The van der Waals surface area contributed by atoms with Crippen LogP contribution in [0.4, 0.5) is 13.2 Å². The van der Waals surface area contributed by atoms with Crippen LogP contribution in [0.3, 0.4) is 0 Å². The third-order valence-corrected chi connectivity index (χ3v) is 6.57. The van der Waals surface area contributed by atoms with Crippen molar-refractivity contribution in [2.75, 3.05) is 19.7 Å². The van der Waals surface area contributed by atoms with E-state index in [0.29, 0.717) is 43.2 Å². The van der Waals surface area contributed by atoms with Gasteiger partial charge in [0.1, 0.15) is 11.8 Å². The standard InChI is InChI=1S/C21H25F3N4O2/c22-21(23,24)14-8-13-9-17-10-16(4-7-27(17)19(13)26-11-14)28-6-1-2-18(20(28)29)30-12-15-3-5-25-15/h8-9,11,15-16,18,25H,1-7,10,12H2. The fourth-order valence-electron chi connectivity index (χ4n) is 4.77. The number of nitrogens with one attached hydrogen (secondary N) is 1. The summed E-state index contributed by atoms with van der Waals surface area (Å²) in [6, 6.07) is 3.35. The van der Waals surface area contributed by atoms with Crippen molar-refractivity contribution in [1.82, 2.24) is 19.8 Å². The monoisotopic (exact) mass is 422 g/mol. The van der Waals surface area contributed by atoms with E-state index in [4.69, 9.17) is 4.74 Å². The van der Waals surface area contributed by atoms with E-state index >= 15 is 0 Å². The highest BCUT2D eigenvalue weighted by Gasteiger charge is 2.37. The van der Waals surface area contributed by atoms with Gasteiger partial charge in [0.25, 0.3) is 5.91 Å². The molecule has 3 aliphatic heterocycles. The van der Waals surface area contributed by atoms with Gasteiger partial charge in [-0.1, -0.05) is 0 Å². The molecule has 3 unspecified atom stereocenters. The molecule has 3 atom stereocenters. The Morgan fingerprint density at radius 3 is 2.77 bits per heavy atom. The van der Waals surface area contributed by atoms with Crippen molar-refractivity contribution in [2.45, 2.75) is 63.0 Å². The summed E-state index contributed by atoms with van der Waals surface area (Å²) in [5.74, 6) is 0.0487. The zero-order chi connectivity index (χ0) is 20.9. The minimum atomic E-state index is -4.41. The number of piperidine rings is 1. The summed E-state index contributed by atoms with van der Waals surface area (Å²) < 4.78 is 46.9. The van der Waals surface area contributed by atoms with Gasteiger partial charge in [-0.05, 0) is 44.4 Å². The van der Waals surface area contributed by atoms with E-state index in [2.05, 4.69) is 10.3 Å². The highest BCUT2D eigenvalue weighted by atomic mass is 19.4. The third-order valence-electron chi connectivity index (χ3n) is 6.57. The summed E-state index contributed by atoms with van der Waals surface area (Å²) in [5, 5.41) is 3.78. The first-order valence-corrected chi connectivity index (χ1v) is 10.6. The van der Waals surface area contributed by atoms with Gasteiger partial charge in [0.05, 0.1) is 12.2 Å². The van der Waals surface area contributed by atoms with Crippen LogP contribution in [0.5, 0.6) is 0 Å². The Balaban J connectivity index is 1.31. The van der Waals surface area contributed by atoms with Crippen molar-refractivity contribution in [3.05, 3.63) is 29.6 Å². The molecule has 5 heterocycles. The van der Waals surface area contributed by atoms with Gasteiger partial charge in [-0.25, -0.2) is 4.98 Å². The molecule has 2 aromatic heterocycles. The van der Waals surface area contributed by atoms with E-state index in [-0.39, 0.29) is 18.1 Å². The molecule has 162 valence electrons. The van der Waals surface area contributed by atoms with E-state index < -0.39 is 11.7 Å². The van der Waals surface area contributed by atoms with Crippen molar-refractivity contribution in [2.24, 2.45) is 0 Å². The largest absolute Gasteiger partial charge is 0.417 e. The van der Waals surface area contributed by atoms with Crippen LogP contribution >= 0.6 is 0 Å². The van der Waals surface area contributed by atoms with Crippen molar-refractivity contribution < 1.29 is 22.7 Å². The number of likely N-dealkylation sites (tertiary alicyclic amines) is 1. The van der Waals surface area contributed by atoms with Crippen LogP contribution in [0.25, 0.3) is 11.0 Å². The molecule has 0 radical (unpaired) electrons. The summed E-state index contributed by atoms with van der Waals surface area (Å²) in [7, 11) is 0. The molecule has 0 aromatic carbocycles. The minimum Gasteiger partial charge on any atom is -0.367 e. The number of pyridine rings is 1. The minimum absolute atomic E-state index is 0.0460. The average Bonchev–Trinajstić information content (AvgIpc) is 3.04. The number of alkyl halides is 3. The van der Waals surface area contributed by atoms with E-state index in [0.717, 1.165) is 50.2 Å². The molecule has 0 spiro atoms. The Hall–Kier alpha value is -2.13. The molecule has 5 rings (SSSR count). The van der Waals surface area contributed by atoms with E-state index in [1.165, 1.54) is 0 Å². The van der Waals surface area contributed by atoms with Crippen LogP contribution in [0.2, 0.25) is 0 Å². The number of carbonyl (C=O) groups is 1. The smallest absolute Gasteiger partial charge is 0.367 e. The maximum Gasteiger partial charge on any atom is 0.417 e. The van der Waals surface area contributed by atoms with Crippen LogP contribution in [0.1, 0.15) is 36.9 Å². The highest BCUT2D eigenvalue weighted by Crippen LogP contribution is 2.33. The second-order valence-corrected chi connectivity index (χ2v) is 8.50. The second kappa shape index (κ2) is 7.53. The van der Waals surface area contributed by atoms with Gasteiger partial charge in [-0.2, -0.15) is 13.2 Å². The van der Waals surface area contributed by atoms with E-state index in [1.54, 1.807) is 6.07 Å². The summed E-state index contributed by atoms with van der Waals surface area (Å²) in [6.07, 6.45) is 0.240. The third kappa shape index (κ3) is 3.58. The van der Waals surface area contributed by atoms with Crippen molar-refractivity contribution >= 4 is 16.9 Å². The van der Waals surface area contributed by atoms with Crippen molar-refractivity contribution in [3.63, 3.8) is 0 Å². The zero-order valence-corrected chi connectivity index (χ0v) is 16.6. The molecule has 1 amide bonds. The molecule has 6 nitrogen and oxygen atoms in total. The van der Waals surface area contributed by atoms with Gasteiger partial charge in [-0.15, -0.1) is 0 Å². The van der Waals surface area contributed by atoms with Crippen LogP contribution in [0.15, 0.2) is 18.3 Å². The highest BCUT2D eigenvalue weighted by molar-refractivity contribution is 5.82. The number of amides is 1. The number of nitrogens with zero attached hydrogens (tertiary/aromatic N) is 3. The number of aryl methyl sites for hydroxylation is 1. The van der Waals surface area contributed by atoms with Gasteiger partial charge >= 0.3 is 6.18 Å². The lowest BCUT2D eigenvalue weighted by molar-refractivity contribution is -0.152. The van der Waals surface area contributed by atoms with Crippen molar-refractivity contribution in [1.29, 1.82) is 0 Å². The van der Waals surface area contributed by atoms with Gasteiger partial charge < -0.3 is 19.5 Å². The Labute approximate surface area is 172 Å². The number of carbonyl (C=O) groups excluding carboxylic acids is 1. The van der Waals surface area contributed by atoms with Crippen LogP contribution < -0.4 is 5.32 Å². The first kappa shape index (κ1) is 19.8. The maximum absolute atomic E-state index is 13.0. The molecule has 0 aliphatic carbocycles. The predicted octanol–water partition coefficient (Wildman–Crippen LogP) is 2.74. The SMILES string of the molecule is O=C1C(OCC2CCN2)CCCN1C1CCn2c(cc3cc(C(F)(F)F)cnc32)C1. The lowest BCUT2D eigenvalue weighted by Gasteiger charge is -2.40. The number of rotatable bonds is 4. The summed E-state index contributed by atoms with van der Waals surface area (Å²) in [5.41, 5.74) is 0.778. The summed E-state index contributed by atoms with van der Waals surface area (Å²) >= 11 is 0. The number of fused-ring (bicyclic) bond motifs is 3. The summed E-state index contributed by atoms with van der Waals surface area (Å²) in [4.78, 5) is 19.0. The topological polar surface area (TPSA) is 59.4 Å². The predicted molar refractivity (Wildman–Crippen MR) is 104 cm³/mol. The Morgan fingerprint density at radius 2 is 2.03 bits per heavy atom. The molecule has 0 bridgehead atoms. The molecule has 1 N–H and O–H groups in total. The van der Waals surface area contributed by atoms with Gasteiger partial charge in [0.2, 0.25) is 0 Å². The molecular weight excluding hydrogens is 397 g/mol. The van der Waals surface area contributed by atoms with Gasteiger partial charge in [0.15, 0.2) is 0 Å².